The highest BCUT2D eigenvalue weighted by atomic mass is 16.4. The predicted octanol–water partition coefficient (Wildman–Crippen LogP) is 1.63. The van der Waals surface area contributed by atoms with Crippen LogP contribution in [0.2, 0.25) is 0 Å². The number of rotatable bonds is 2. The molecule has 0 amide bonds. The molecule has 0 aromatic rings. The zero-order valence-electron chi connectivity index (χ0n) is 8.52. The van der Waals surface area contributed by atoms with Crippen LogP contribution in [0.3, 0.4) is 0 Å². The maximum absolute atomic E-state index is 10.8. The second-order valence-electron chi connectivity index (χ2n) is 3.95. The fourth-order valence-electron chi connectivity index (χ4n) is 2.08. The molecule has 0 saturated carbocycles. The molecular weight excluding hydrogens is 190 g/mol. The molecule has 0 spiro atoms. The van der Waals surface area contributed by atoms with Crippen LogP contribution in [0.15, 0.2) is 36.0 Å². The van der Waals surface area contributed by atoms with E-state index in [1.54, 1.807) is 0 Å². The Hall–Kier alpha value is -1.35. The minimum absolute atomic E-state index is 0.235. The number of aliphatic carboxylic acids is 1. The Balaban J connectivity index is 2.01. The lowest BCUT2D eigenvalue weighted by Crippen LogP contribution is -2.36. The van der Waals surface area contributed by atoms with Gasteiger partial charge in [-0.05, 0) is 24.8 Å². The summed E-state index contributed by atoms with van der Waals surface area (Å²) in [4.78, 5) is 10.8. The van der Waals surface area contributed by atoms with Gasteiger partial charge in [0.15, 0.2) is 0 Å². The van der Waals surface area contributed by atoms with Crippen molar-refractivity contribution in [2.75, 3.05) is 0 Å². The quantitative estimate of drug-likeness (QED) is 0.720. The Morgan fingerprint density at radius 2 is 2.20 bits per heavy atom. The summed E-state index contributed by atoms with van der Waals surface area (Å²) in [5, 5.41) is 12.0. The molecule has 0 bridgehead atoms. The van der Waals surface area contributed by atoms with Gasteiger partial charge >= 0.3 is 5.97 Å². The van der Waals surface area contributed by atoms with Crippen molar-refractivity contribution >= 4 is 5.97 Å². The van der Waals surface area contributed by atoms with Crippen LogP contribution in [0, 0.1) is 0 Å². The first-order valence-electron chi connectivity index (χ1n) is 5.28. The molecule has 2 atom stereocenters. The highest BCUT2D eigenvalue weighted by Crippen LogP contribution is 2.22. The van der Waals surface area contributed by atoms with E-state index >= 15 is 0 Å². The van der Waals surface area contributed by atoms with E-state index in [1.165, 1.54) is 5.57 Å². The molecule has 15 heavy (non-hydrogen) atoms. The molecular formula is C12H15NO2. The van der Waals surface area contributed by atoms with E-state index in [2.05, 4.69) is 17.5 Å². The molecule has 1 heterocycles. The van der Waals surface area contributed by atoms with Crippen LogP contribution in [-0.2, 0) is 4.79 Å². The van der Waals surface area contributed by atoms with Gasteiger partial charge in [0.05, 0.1) is 0 Å². The van der Waals surface area contributed by atoms with Gasteiger partial charge in [-0.3, -0.25) is 10.1 Å². The average molecular weight is 205 g/mol. The summed E-state index contributed by atoms with van der Waals surface area (Å²) in [5.41, 5.74) is 1.28. The van der Waals surface area contributed by atoms with Crippen molar-refractivity contribution < 1.29 is 9.90 Å². The van der Waals surface area contributed by atoms with Gasteiger partial charge in [-0.15, -0.1) is 0 Å². The van der Waals surface area contributed by atoms with Gasteiger partial charge < -0.3 is 5.11 Å². The molecule has 1 aliphatic heterocycles. The number of hydrogen-bond donors (Lipinski definition) is 2. The number of carbonyl (C=O) groups is 1. The van der Waals surface area contributed by atoms with Crippen molar-refractivity contribution in [3.63, 3.8) is 0 Å². The molecule has 1 fully saturated rings. The average Bonchev–Trinajstić information content (AvgIpc) is 2.55. The first-order chi connectivity index (χ1) is 7.27. The molecule has 1 aliphatic carbocycles. The van der Waals surface area contributed by atoms with E-state index in [0.29, 0.717) is 0 Å². The molecule has 2 aliphatic rings. The van der Waals surface area contributed by atoms with Gasteiger partial charge in [-0.2, -0.15) is 0 Å². The lowest BCUT2D eigenvalue weighted by Gasteiger charge is -2.14. The fourth-order valence-corrected chi connectivity index (χ4v) is 2.08. The molecule has 80 valence electrons. The van der Waals surface area contributed by atoms with Crippen LogP contribution in [0.5, 0.6) is 0 Å². The lowest BCUT2D eigenvalue weighted by molar-refractivity contribution is -0.139. The molecule has 1 saturated heterocycles. The van der Waals surface area contributed by atoms with Crippen molar-refractivity contribution in [2.24, 2.45) is 0 Å². The third kappa shape index (κ3) is 2.36. The molecule has 2 N–H and O–H groups in total. The number of carboxylic acids is 1. The van der Waals surface area contributed by atoms with E-state index in [0.717, 1.165) is 19.3 Å². The second kappa shape index (κ2) is 4.45. The highest BCUT2D eigenvalue weighted by molar-refractivity contribution is 5.74. The Morgan fingerprint density at radius 1 is 1.33 bits per heavy atom. The highest BCUT2D eigenvalue weighted by Gasteiger charge is 2.30. The van der Waals surface area contributed by atoms with Gasteiger partial charge in [-0.25, -0.2) is 0 Å². The topological polar surface area (TPSA) is 49.3 Å². The maximum atomic E-state index is 10.8. The predicted molar refractivity (Wildman–Crippen MR) is 58.6 cm³/mol. The van der Waals surface area contributed by atoms with Gasteiger partial charge in [0.2, 0.25) is 0 Å². The maximum Gasteiger partial charge on any atom is 0.320 e. The molecule has 0 aromatic carbocycles. The lowest BCUT2D eigenvalue weighted by atomic mass is 10.0. The van der Waals surface area contributed by atoms with Crippen molar-refractivity contribution in [3.8, 4) is 0 Å². The Bertz CT molecular complexity index is 342. The van der Waals surface area contributed by atoms with E-state index in [1.807, 2.05) is 18.2 Å². The molecule has 2 unspecified atom stereocenters. The molecule has 3 heteroatoms. The summed E-state index contributed by atoms with van der Waals surface area (Å²) in [6, 6.07) is -0.134. The minimum atomic E-state index is -0.738. The summed E-state index contributed by atoms with van der Waals surface area (Å²) in [5.74, 6) is -0.738. The van der Waals surface area contributed by atoms with Crippen LogP contribution < -0.4 is 5.32 Å². The molecule has 0 radical (unpaired) electrons. The largest absolute Gasteiger partial charge is 0.480 e. The van der Waals surface area contributed by atoms with Crippen molar-refractivity contribution in [1.82, 2.24) is 5.32 Å². The van der Waals surface area contributed by atoms with Gasteiger partial charge in [-0.1, -0.05) is 30.4 Å². The fraction of sp³-hybridized carbons (Fsp3) is 0.417. The smallest absolute Gasteiger partial charge is 0.320 e. The summed E-state index contributed by atoms with van der Waals surface area (Å²) < 4.78 is 0. The minimum Gasteiger partial charge on any atom is -0.480 e. The van der Waals surface area contributed by atoms with Crippen LogP contribution in [-0.4, -0.2) is 23.2 Å². The molecule has 3 nitrogen and oxygen atoms in total. The monoisotopic (exact) mass is 205 g/mol. The Labute approximate surface area is 89.2 Å². The Morgan fingerprint density at radius 3 is 2.93 bits per heavy atom. The van der Waals surface area contributed by atoms with Gasteiger partial charge in [0.25, 0.3) is 0 Å². The molecule has 0 aromatic heterocycles. The van der Waals surface area contributed by atoms with Crippen molar-refractivity contribution in [3.05, 3.63) is 36.0 Å². The van der Waals surface area contributed by atoms with Gasteiger partial charge in [0, 0.05) is 6.04 Å². The number of carboxylic acid groups (broad SMARTS) is 1. The standard InChI is InChI=1S/C12H15NO2/c14-12(15)11-8-7-10(13-11)9-5-3-1-2-4-6-9/h1-5,10-11,13H,6-8H2,(H,14,15). The number of allylic oxidation sites excluding steroid dienone is 5. The van der Waals surface area contributed by atoms with Gasteiger partial charge in [0.1, 0.15) is 6.04 Å². The Kier molecular flexibility index (Phi) is 3.02. The third-order valence-electron chi connectivity index (χ3n) is 2.91. The van der Waals surface area contributed by atoms with E-state index < -0.39 is 5.97 Å². The first kappa shape index (κ1) is 10.2. The van der Waals surface area contributed by atoms with Crippen LogP contribution in [0.25, 0.3) is 0 Å². The number of nitrogens with one attached hydrogen (secondary N) is 1. The summed E-state index contributed by atoms with van der Waals surface area (Å²) in [7, 11) is 0. The zero-order chi connectivity index (χ0) is 10.7. The zero-order valence-corrected chi connectivity index (χ0v) is 8.52. The summed E-state index contributed by atoms with van der Waals surface area (Å²) >= 11 is 0. The first-order valence-corrected chi connectivity index (χ1v) is 5.28. The van der Waals surface area contributed by atoms with Crippen LogP contribution >= 0.6 is 0 Å². The summed E-state index contributed by atoms with van der Waals surface area (Å²) in [6.07, 6.45) is 12.8. The summed E-state index contributed by atoms with van der Waals surface area (Å²) in [6.45, 7) is 0. The molecule has 2 rings (SSSR count). The number of hydrogen-bond acceptors (Lipinski definition) is 2. The SMILES string of the molecule is O=C(O)C1CCC(C2=CC=CC=CC2)N1. The van der Waals surface area contributed by atoms with E-state index in [-0.39, 0.29) is 12.1 Å². The normalized spacial score (nSPS) is 30.0. The van der Waals surface area contributed by atoms with E-state index in [9.17, 15) is 4.79 Å². The van der Waals surface area contributed by atoms with Crippen molar-refractivity contribution in [2.45, 2.75) is 31.3 Å². The van der Waals surface area contributed by atoms with E-state index in [4.69, 9.17) is 5.11 Å². The van der Waals surface area contributed by atoms with Crippen molar-refractivity contribution in [1.29, 1.82) is 0 Å². The van der Waals surface area contributed by atoms with Crippen LogP contribution in [0.4, 0.5) is 0 Å². The third-order valence-corrected chi connectivity index (χ3v) is 2.91. The second-order valence-corrected chi connectivity index (χ2v) is 3.95. The van der Waals surface area contributed by atoms with Crippen LogP contribution in [0.1, 0.15) is 19.3 Å².